The maximum atomic E-state index is 12.1. The summed E-state index contributed by atoms with van der Waals surface area (Å²) in [6.07, 6.45) is 1.48. The van der Waals surface area contributed by atoms with Gasteiger partial charge in [0.15, 0.2) is 0 Å². The number of nitrogens with zero attached hydrogens (tertiary/aromatic N) is 1. The maximum absolute atomic E-state index is 12.1. The van der Waals surface area contributed by atoms with E-state index in [0.717, 1.165) is 17.2 Å². The number of aromatic hydroxyl groups is 2. The molecule has 1 amide bonds. The average Bonchev–Trinajstić information content (AvgIpc) is 2.67. The van der Waals surface area contributed by atoms with Crippen molar-refractivity contribution in [3.8, 4) is 17.2 Å². The summed E-state index contributed by atoms with van der Waals surface area (Å²) in [5, 5.41) is 22.9. The largest absolute Gasteiger partial charge is 0.508 e. The van der Waals surface area contributed by atoms with Gasteiger partial charge >= 0.3 is 0 Å². The number of hydrogen-bond donors (Lipinski definition) is 3. The standard InChI is InChI=1S/C22H20N2O4/c1-15-6-2-3-8-17(15)14-28-21-9-5-4-7-16(21)13-23-24-22(27)18-10-19(25)12-20(26)11-18/h2-13,25-26H,14H2,1H3,(H,24,27)/b23-13+. The number of aryl methyl sites for hydroxylation is 1. The SMILES string of the molecule is Cc1ccccc1COc1ccccc1/C=N/NC(=O)c1cc(O)cc(O)c1. The van der Waals surface area contributed by atoms with Crippen molar-refractivity contribution in [3.63, 3.8) is 0 Å². The number of nitrogens with one attached hydrogen (secondary N) is 1. The van der Waals surface area contributed by atoms with Gasteiger partial charge in [-0.2, -0.15) is 5.10 Å². The van der Waals surface area contributed by atoms with Crippen LogP contribution in [-0.4, -0.2) is 22.3 Å². The molecular formula is C22H20N2O4. The molecule has 0 fully saturated rings. The number of benzene rings is 3. The van der Waals surface area contributed by atoms with Crippen molar-refractivity contribution < 1.29 is 19.7 Å². The van der Waals surface area contributed by atoms with Crippen molar-refractivity contribution in [2.45, 2.75) is 13.5 Å². The predicted octanol–water partition coefficient (Wildman–Crippen LogP) is 3.75. The Balaban J connectivity index is 1.67. The number of ether oxygens (including phenoxy) is 1. The molecular weight excluding hydrogens is 356 g/mol. The Morgan fingerprint density at radius 3 is 2.46 bits per heavy atom. The predicted molar refractivity (Wildman–Crippen MR) is 107 cm³/mol. The summed E-state index contributed by atoms with van der Waals surface area (Å²) < 4.78 is 5.91. The molecule has 0 aliphatic rings. The Hall–Kier alpha value is -3.80. The molecule has 0 aromatic heterocycles. The molecule has 142 valence electrons. The van der Waals surface area contributed by atoms with Crippen LogP contribution in [0.15, 0.2) is 71.8 Å². The molecule has 0 unspecified atom stereocenters. The van der Waals surface area contributed by atoms with Crippen LogP contribution in [0.3, 0.4) is 0 Å². The Bertz CT molecular complexity index is 995. The number of rotatable bonds is 6. The Kier molecular flexibility index (Phi) is 5.91. The minimum Gasteiger partial charge on any atom is -0.508 e. The summed E-state index contributed by atoms with van der Waals surface area (Å²) >= 11 is 0. The molecule has 0 bridgehead atoms. The van der Waals surface area contributed by atoms with Crippen LogP contribution in [0.25, 0.3) is 0 Å². The highest BCUT2D eigenvalue weighted by atomic mass is 16.5. The Labute approximate surface area is 162 Å². The topological polar surface area (TPSA) is 91.2 Å². The van der Waals surface area contributed by atoms with E-state index in [2.05, 4.69) is 10.5 Å². The Morgan fingerprint density at radius 2 is 1.71 bits per heavy atom. The molecule has 3 rings (SSSR count). The summed E-state index contributed by atoms with van der Waals surface area (Å²) in [7, 11) is 0. The molecule has 0 aliphatic heterocycles. The van der Waals surface area contributed by atoms with Crippen molar-refractivity contribution in [1.82, 2.24) is 5.43 Å². The molecule has 28 heavy (non-hydrogen) atoms. The molecule has 3 aromatic carbocycles. The maximum Gasteiger partial charge on any atom is 0.271 e. The van der Waals surface area contributed by atoms with Crippen LogP contribution in [0.1, 0.15) is 27.0 Å². The van der Waals surface area contributed by atoms with Crippen LogP contribution in [0.4, 0.5) is 0 Å². The first-order chi connectivity index (χ1) is 13.5. The first-order valence-corrected chi connectivity index (χ1v) is 8.65. The van der Waals surface area contributed by atoms with E-state index in [0.29, 0.717) is 17.9 Å². The highest BCUT2D eigenvalue weighted by Gasteiger charge is 2.08. The molecule has 0 heterocycles. The molecule has 0 aliphatic carbocycles. The molecule has 6 nitrogen and oxygen atoms in total. The lowest BCUT2D eigenvalue weighted by atomic mass is 10.1. The monoisotopic (exact) mass is 376 g/mol. The zero-order chi connectivity index (χ0) is 19.9. The van der Waals surface area contributed by atoms with Crippen molar-refractivity contribution in [3.05, 3.63) is 89.0 Å². The van der Waals surface area contributed by atoms with Crippen LogP contribution in [-0.2, 0) is 6.61 Å². The van der Waals surface area contributed by atoms with E-state index < -0.39 is 5.91 Å². The third-order valence-electron chi connectivity index (χ3n) is 4.10. The second-order valence-corrected chi connectivity index (χ2v) is 6.19. The lowest BCUT2D eigenvalue weighted by molar-refractivity contribution is 0.0954. The van der Waals surface area contributed by atoms with Crippen LogP contribution >= 0.6 is 0 Å². The highest BCUT2D eigenvalue weighted by molar-refractivity contribution is 5.95. The molecule has 6 heteroatoms. The van der Waals surface area contributed by atoms with E-state index in [1.807, 2.05) is 55.5 Å². The summed E-state index contributed by atoms with van der Waals surface area (Å²) in [5.41, 5.74) is 5.40. The van der Waals surface area contributed by atoms with E-state index in [1.165, 1.54) is 18.3 Å². The smallest absolute Gasteiger partial charge is 0.271 e. The molecule has 0 atom stereocenters. The highest BCUT2D eigenvalue weighted by Crippen LogP contribution is 2.21. The van der Waals surface area contributed by atoms with Crippen LogP contribution in [0, 0.1) is 6.92 Å². The number of hydrogen-bond acceptors (Lipinski definition) is 5. The zero-order valence-corrected chi connectivity index (χ0v) is 15.3. The van der Waals surface area contributed by atoms with Gasteiger partial charge in [-0.3, -0.25) is 4.79 Å². The van der Waals surface area contributed by atoms with Gasteiger partial charge in [0.2, 0.25) is 0 Å². The number of carbonyl (C=O) groups is 1. The second-order valence-electron chi connectivity index (χ2n) is 6.19. The summed E-state index contributed by atoms with van der Waals surface area (Å²) in [4.78, 5) is 12.1. The fraction of sp³-hybridized carbons (Fsp3) is 0.0909. The molecule has 0 saturated heterocycles. The minimum atomic E-state index is -0.555. The van der Waals surface area contributed by atoms with E-state index in [-0.39, 0.29) is 17.1 Å². The van der Waals surface area contributed by atoms with Gasteiger partial charge in [0.05, 0.1) is 6.21 Å². The third-order valence-corrected chi connectivity index (χ3v) is 4.10. The van der Waals surface area contributed by atoms with Gasteiger partial charge in [-0.25, -0.2) is 5.43 Å². The van der Waals surface area contributed by atoms with E-state index in [4.69, 9.17) is 4.74 Å². The van der Waals surface area contributed by atoms with Gasteiger partial charge in [0.25, 0.3) is 5.91 Å². The molecule has 0 spiro atoms. The second kappa shape index (κ2) is 8.73. The van der Waals surface area contributed by atoms with Gasteiger partial charge in [-0.15, -0.1) is 0 Å². The van der Waals surface area contributed by atoms with Crippen molar-refractivity contribution in [1.29, 1.82) is 0 Å². The van der Waals surface area contributed by atoms with Gasteiger partial charge in [-0.1, -0.05) is 36.4 Å². The average molecular weight is 376 g/mol. The fourth-order valence-electron chi connectivity index (χ4n) is 2.60. The van der Waals surface area contributed by atoms with Gasteiger partial charge in [0.1, 0.15) is 23.9 Å². The minimum absolute atomic E-state index is 0.0961. The number of carbonyl (C=O) groups excluding carboxylic acids is 1. The molecule has 0 saturated carbocycles. The molecule has 3 aromatic rings. The number of phenolic OH excluding ortho intramolecular Hbond substituents is 2. The Morgan fingerprint density at radius 1 is 1.04 bits per heavy atom. The van der Waals surface area contributed by atoms with Gasteiger partial charge in [-0.05, 0) is 42.3 Å². The van der Waals surface area contributed by atoms with Crippen LogP contribution in [0.5, 0.6) is 17.2 Å². The molecule has 0 radical (unpaired) electrons. The van der Waals surface area contributed by atoms with E-state index in [9.17, 15) is 15.0 Å². The molecule has 3 N–H and O–H groups in total. The first kappa shape index (κ1) is 19.0. The lowest BCUT2D eigenvalue weighted by Crippen LogP contribution is -2.17. The van der Waals surface area contributed by atoms with Gasteiger partial charge in [0, 0.05) is 17.2 Å². The quantitative estimate of drug-likeness (QED) is 0.451. The van der Waals surface area contributed by atoms with Crippen molar-refractivity contribution in [2.24, 2.45) is 5.10 Å². The van der Waals surface area contributed by atoms with Crippen molar-refractivity contribution in [2.75, 3.05) is 0 Å². The fourth-order valence-corrected chi connectivity index (χ4v) is 2.60. The number of amides is 1. The van der Waals surface area contributed by atoms with Crippen LogP contribution < -0.4 is 10.2 Å². The number of para-hydroxylation sites is 1. The summed E-state index contributed by atoms with van der Waals surface area (Å²) in [5.74, 6) is -0.326. The van der Waals surface area contributed by atoms with Gasteiger partial charge < -0.3 is 14.9 Å². The lowest BCUT2D eigenvalue weighted by Gasteiger charge is -2.10. The normalized spacial score (nSPS) is 10.8. The zero-order valence-electron chi connectivity index (χ0n) is 15.3. The number of hydrazone groups is 1. The number of phenols is 2. The van der Waals surface area contributed by atoms with Crippen molar-refractivity contribution >= 4 is 12.1 Å². The summed E-state index contributed by atoms with van der Waals surface area (Å²) in [6, 6.07) is 19.0. The first-order valence-electron chi connectivity index (χ1n) is 8.65. The summed E-state index contributed by atoms with van der Waals surface area (Å²) in [6.45, 7) is 2.45. The van der Waals surface area contributed by atoms with E-state index in [1.54, 1.807) is 0 Å². The third kappa shape index (κ3) is 4.88. The van der Waals surface area contributed by atoms with E-state index >= 15 is 0 Å². The van der Waals surface area contributed by atoms with Crippen LogP contribution in [0.2, 0.25) is 0 Å².